The zero-order valence-electron chi connectivity index (χ0n) is 10.5. The summed E-state index contributed by atoms with van der Waals surface area (Å²) in [5, 5.41) is 0. The Morgan fingerprint density at radius 2 is 2.06 bits per heavy atom. The molecule has 2 N–H and O–H groups in total. The maximum Gasteiger partial charge on any atom is 0.127 e. The van der Waals surface area contributed by atoms with Gasteiger partial charge in [-0.3, -0.25) is 0 Å². The fourth-order valence-corrected chi connectivity index (χ4v) is 3.35. The Balaban J connectivity index is 1.96. The van der Waals surface area contributed by atoms with Gasteiger partial charge in [0.15, 0.2) is 0 Å². The van der Waals surface area contributed by atoms with Crippen molar-refractivity contribution in [1.29, 1.82) is 0 Å². The third-order valence-electron chi connectivity index (χ3n) is 4.58. The third kappa shape index (κ3) is 1.75. The van der Waals surface area contributed by atoms with Crippen LogP contribution in [0.3, 0.4) is 0 Å². The molecule has 92 valence electrons. The highest BCUT2D eigenvalue weighted by molar-refractivity contribution is 5.46. The number of fused-ring (bicyclic) bond motifs is 1. The van der Waals surface area contributed by atoms with Gasteiger partial charge in [-0.2, -0.15) is 0 Å². The quantitative estimate of drug-likeness (QED) is 0.848. The van der Waals surface area contributed by atoms with Crippen LogP contribution in [0.1, 0.15) is 49.8 Å². The SMILES string of the molecule is CC1(C(N)c2cccc3c2OCC3)CCCC1. The molecule has 2 aliphatic rings. The summed E-state index contributed by atoms with van der Waals surface area (Å²) in [4.78, 5) is 0. The highest BCUT2D eigenvalue weighted by atomic mass is 16.5. The van der Waals surface area contributed by atoms with Crippen LogP contribution in [0.15, 0.2) is 18.2 Å². The molecule has 0 bridgehead atoms. The minimum absolute atomic E-state index is 0.123. The molecule has 1 fully saturated rings. The van der Waals surface area contributed by atoms with Crippen molar-refractivity contribution in [1.82, 2.24) is 0 Å². The average Bonchev–Trinajstić information content (AvgIpc) is 2.96. The highest BCUT2D eigenvalue weighted by Crippen LogP contribution is 2.48. The molecule has 0 radical (unpaired) electrons. The normalized spacial score (nSPS) is 23.2. The van der Waals surface area contributed by atoms with E-state index in [0.29, 0.717) is 0 Å². The highest BCUT2D eigenvalue weighted by Gasteiger charge is 2.37. The van der Waals surface area contributed by atoms with Crippen LogP contribution >= 0.6 is 0 Å². The van der Waals surface area contributed by atoms with Gasteiger partial charge in [-0.15, -0.1) is 0 Å². The van der Waals surface area contributed by atoms with Crippen molar-refractivity contribution in [3.8, 4) is 5.75 Å². The van der Waals surface area contributed by atoms with Crippen molar-refractivity contribution in [2.45, 2.75) is 45.1 Å². The lowest BCUT2D eigenvalue weighted by atomic mass is 9.77. The molecule has 0 aromatic heterocycles. The third-order valence-corrected chi connectivity index (χ3v) is 4.58. The molecule has 1 unspecified atom stereocenters. The number of hydrogen-bond donors (Lipinski definition) is 1. The first-order chi connectivity index (χ1) is 8.21. The first-order valence-electron chi connectivity index (χ1n) is 6.71. The molecule has 1 heterocycles. The lowest BCUT2D eigenvalue weighted by Gasteiger charge is -2.32. The minimum atomic E-state index is 0.123. The standard InChI is InChI=1S/C15H21NO/c1-15(8-2-3-9-15)14(16)12-6-4-5-11-7-10-17-13(11)12/h4-6,14H,2-3,7-10,16H2,1H3. The van der Waals surface area contributed by atoms with E-state index in [1.54, 1.807) is 0 Å². The topological polar surface area (TPSA) is 35.2 Å². The van der Waals surface area contributed by atoms with E-state index in [9.17, 15) is 0 Å². The Kier molecular flexibility index (Phi) is 2.62. The predicted molar refractivity (Wildman–Crippen MR) is 69.1 cm³/mol. The molecule has 1 aromatic rings. The molecule has 1 aliphatic heterocycles. The van der Waals surface area contributed by atoms with Crippen LogP contribution in [0.25, 0.3) is 0 Å². The van der Waals surface area contributed by atoms with Gasteiger partial charge >= 0.3 is 0 Å². The Labute approximate surface area is 103 Å². The molecule has 0 saturated heterocycles. The van der Waals surface area contributed by atoms with Crippen molar-refractivity contribution in [2.75, 3.05) is 6.61 Å². The van der Waals surface area contributed by atoms with Crippen LogP contribution in [0.4, 0.5) is 0 Å². The minimum Gasteiger partial charge on any atom is -0.493 e. The Morgan fingerprint density at radius 3 is 2.82 bits per heavy atom. The van der Waals surface area contributed by atoms with Gasteiger partial charge in [0.1, 0.15) is 5.75 Å². The van der Waals surface area contributed by atoms with Gasteiger partial charge in [0.05, 0.1) is 6.61 Å². The van der Waals surface area contributed by atoms with Gasteiger partial charge in [0.25, 0.3) is 0 Å². The van der Waals surface area contributed by atoms with E-state index in [2.05, 4.69) is 25.1 Å². The maximum absolute atomic E-state index is 6.53. The van der Waals surface area contributed by atoms with Gasteiger partial charge < -0.3 is 10.5 Å². The van der Waals surface area contributed by atoms with Crippen LogP contribution in [-0.4, -0.2) is 6.61 Å². The van der Waals surface area contributed by atoms with Gasteiger partial charge in [0, 0.05) is 18.0 Å². The molecule has 2 heteroatoms. The van der Waals surface area contributed by atoms with E-state index >= 15 is 0 Å². The largest absolute Gasteiger partial charge is 0.493 e. The molecule has 1 aliphatic carbocycles. The van der Waals surface area contributed by atoms with E-state index in [-0.39, 0.29) is 11.5 Å². The first-order valence-corrected chi connectivity index (χ1v) is 6.71. The number of benzene rings is 1. The summed E-state index contributed by atoms with van der Waals surface area (Å²) in [5.74, 6) is 1.08. The fourth-order valence-electron chi connectivity index (χ4n) is 3.35. The molecule has 1 aromatic carbocycles. The summed E-state index contributed by atoms with van der Waals surface area (Å²) in [5.41, 5.74) is 9.35. The van der Waals surface area contributed by atoms with Crippen LogP contribution in [0.5, 0.6) is 5.75 Å². The van der Waals surface area contributed by atoms with Gasteiger partial charge in [-0.1, -0.05) is 38.0 Å². The predicted octanol–water partition coefficient (Wildman–Crippen LogP) is 3.20. The number of nitrogens with two attached hydrogens (primary N) is 1. The summed E-state index contributed by atoms with van der Waals surface area (Å²) >= 11 is 0. The molecule has 0 amide bonds. The first kappa shape index (κ1) is 11.1. The number of hydrogen-bond acceptors (Lipinski definition) is 2. The van der Waals surface area contributed by atoms with Crippen LogP contribution in [0, 0.1) is 5.41 Å². The lowest BCUT2D eigenvalue weighted by Crippen LogP contribution is -2.29. The van der Waals surface area contributed by atoms with Crippen molar-refractivity contribution in [3.63, 3.8) is 0 Å². The van der Waals surface area contributed by atoms with Gasteiger partial charge in [-0.05, 0) is 23.8 Å². The second kappa shape index (κ2) is 4.02. The van der Waals surface area contributed by atoms with Crippen molar-refractivity contribution < 1.29 is 4.74 Å². The van der Waals surface area contributed by atoms with Gasteiger partial charge in [-0.25, -0.2) is 0 Å². The zero-order valence-corrected chi connectivity index (χ0v) is 10.5. The maximum atomic E-state index is 6.53. The summed E-state index contributed by atoms with van der Waals surface area (Å²) in [6, 6.07) is 6.56. The Bertz CT molecular complexity index is 421. The van der Waals surface area contributed by atoms with E-state index in [1.165, 1.54) is 36.8 Å². The number of rotatable bonds is 2. The molecule has 2 nitrogen and oxygen atoms in total. The van der Waals surface area contributed by atoms with E-state index in [4.69, 9.17) is 10.5 Å². The van der Waals surface area contributed by atoms with Gasteiger partial charge in [0.2, 0.25) is 0 Å². The van der Waals surface area contributed by atoms with Crippen molar-refractivity contribution in [2.24, 2.45) is 11.1 Å². The van der Waals surface area contributed by atoms with E-state index < -0.39 is 0 Å². The molecular weight excluding hydrogens is 210 g/mol. The number of ether oxygens (including phenoxy) is 1. The molecule has 3 rings (SSSR count). The monoisotopic (exact) mass is 231 g/mol. The summed E-state index contributed by atoms with van der Waals surface area (Å²) in [6.45, 7) is 3.15. The molecule has 0 spiro atoms. The summed E-state index contributed by atoms with van der Waals surface area (Å²) < 4.78 is 5.78. The number of para-hydroxylation sites is 1. The molecule has 1 atom stereocenters. The van der Waals surface area contributed by atoms with Crippen molar-refractivity contribution in [3.05, 3.63) is 29.3 Å². The average molecular weight is 231 g/mol. The summed E-state index contributed by atoms with van der Waals surface area (Å²) in [7, 11) is 0. The fraction of sp³-hybridized carbons (Fsp3) is 0.600. The Hall–Kier alpha value is -1.02. The van der Waals surface area contributed by atoms with Crippen molar-refractivity contribution >= 4 is 0 Å². The lowest BCUT2D eigenvalue weighted by molar-refractivity contribution is 0.257. The second-order valence-electron chi connectivity index (χ2n) is 5.77. The molecular formula is C15H21NO. The van der Waals surface area contributed by atoms with Crippen LogP contribution < -0.4 is 10.5 Å². The van der Waals surface area contributed by atoms with Crippen LogP contribution in [0.2, 0.25) is 0 Å². The van der Waals surface area contributed by atoms with E-state index in [1.807, 2.05) is 0 Å². The zero-order chi connectivity index (χ0) is 11.9. The molecule has 17 heavy (non-hydrogen) atoms. The molecule has 1 saturated carbocycles. The smallest absolute Gasteiger partial charge is 0.127 e. The van der Waals surface area contributed by atoms with Crippen LogP contribution in [-0.2, 0) is 6.42 Å². The second-order valence-corrected chi connectivity index (χ2v) is 5.77. The Morgan fingerprint density at radius 1 is 1.29 bits per heavy atom. The van der Waals surface area contributed by atoms with E-state index in [0.717, 1.165) is 18.8 Å². The summed E-state index contributed by atoms with van der Waals surface area (Å²) in [6.07, 6.45) is 6.17.